The number of hydrogen-bond donors (Lipinski definition) is 1. The van der Waals surface area contributed by atoms with E-state index in [1.165, 1.54) is 0 Å². The number of Topliss-reactive ketones (excluding diaryl/α,β-unsaturated/α-hetero) is 1. The van der Waals surface area contributed by atoms with Crippen LogP contribution in [0.5, 0.6) is 11.5 Å². The molecule has 0 spiro atoms. The van der Waals surface area contributed by atoms with Gasteiger partial charge in [-0.2, -0.15) is 0 Å². The first-order chi connectivity index (χ1) is 12.9. The molecule has 158 valence electrons. The van der Waals surface area contributed by atoms with Crippen LogP contribution in [0.1, 0.15) is 84.3 Å². The molecule has 1 aliphatic carbocycles. The summed E-state index contributed by atoms with van der Waals surface area (Å²) in [4.78, 5) is 12.0. The Hall–Kier alpha value is -1.59. The fourth-order valence-corrected chi connectivity index (χ4v) is 3.49. The number of benzene rings is 1. The van der Waals surface area contributed by atoms with Crippen molar-refractivity contribution in [3.05, 3.63) is 23.3 Å². The number of ether oxygens (including phenoxy) is 3. The number of ketones is 1. The second-order valence-electron chi connectivity index (χ2n) is 9.17. The fraction of sp³-hybridized carbons (Fsp3) is 0.696. The zero-order valence-corrected chi connectivity index (χ0v) is 18.4. The third-order valence-corrected chi connectivity index (χ3v) is 5.40. The summed E-state index contributed by atoms with van der Waals surface area (Å²) in [6, 6.07) is 3.70. The van der Waals surface area contributed by atoms with E-state index in [1.54, 1.807) is 13.2 Å². The standard InChI is InChI=1S/C23H36O5/c1-15(2)28-20-13-17(23(5,6)27-14-22(3,4)26-7)12-19(25)21(20)16-9-8-10-18(24)11-16/h12-13,15-16,25H,8-11,14H2,1-7H3. The van der Waals surface area contributed by atoms with Crippen molar-refractivity contribution in [2.45, 2.75) is 90.4 Å². The zero-order chi connectivity index (χ0) is 21.1. The summed E-state index contributed by atoms with van der Waals surface area (Å²) >= 11 is 0. The van der Waals surface area contributed by atoms with E-state index < -0.39 is 11.2 Å². The van der Waals surface area contributed by atoms with Gasteiger partial charge >= 0.3 is 0 Å². The summed E-state index contributed by atoms with van der Waals surface area (Å²) in [7, 11) is 1.66. The average Bonchev–Trinajstić information content (AvgIpc) is 2.59. The van der Waals surface area contributed by atoms with E-state index in [0.29, 0.717) is 25.2 Å². The lowest BCUT2D eigenvalue weighted by atomic mass is 9.81. The van der Waals surface area contributed by atoms with Crippen LogP contribution >= 0.6 is 0 Å². The van der Waals surface area contributed by atoms with E-state index in [-0.39, 0.29) is 23.6 Å². The molecule has 1 unspecified atom stereocenters. The van der Waals surface area contributed by atoms with Gasteiger partial charge in [0.05, 0.1) is 23.9 Å². The Morgan fingerprint density at radius 2 is 1.89 bits per heavy atom. The third kappa shape index (κ3) is 5.71. The van der Waals surface area contributed by atoms with Crippen molar-refractivity contribution < 1.29 is 24.1 Å². The highest BCUT2D eigenvalue weighted by molar-refractivity contribution is 5.80. The van der Waals surface area contributed by atoms with Crippen molar-refractivity contribution in [1.29, 1.82) is 0 Å². The Morgan fingerprint density at radius 1 is 1.21 bits per heavy atom. The molecular formula is C23H36O5. The van der Waals surface area contributed by atoms with Crippen molar-refractivity contribution in [3.8, 4) is 11.5 Å². The normalized spacial score (nSPS) is 18.6. The fourth-order valence-electron chi connectivity index (χ4n) is 3.49. The Bertz CT molecular complexity index is 690. The number of phenolic OH excluding ortho intramolecular Hbond substituents is 1. The Balaban J connectivity index is 2.39. The second kappa shape index (κ2) is 8.83. The second-order valence-corrected chi connectivity index (χ2v) is 9.17. The van der Waals surface area contributed by atoms with Gasteiger partial charge < -0.3 is 19.3 Å². The summed E-state index contributed by atoms with van der Waals surface area (Å²) in [5, 5.41) is 10.9. The minimum absolute atomic E-state index is 0.000468. The van der Waals surface area contributed by atoms with Crippen LogP contribution in [0.2, 0.25) is 0 Å². The molecule has 1 aliphatic rings. The molecule has 0 radical (unpaired) electrons. The quantitative estimate of drug-likeness (QED) is 0.668. The molecule has 1 aromatic carbocycles. The molecule has 28 heavy (non-hydrogen) atoms. The molecule has 1 N–H and O–H groups in total. The van der Waals surface area contributed by atoms with Gasteiger partial charge in [0.25, 0.3) is 0 Å². The lowest BCUT2D eigenvalue weighted by Gasteiger charge is -2.33. The van der Waals surface area contributed by atoms with Gasteiger partial charge in [-0.25, -0.2) is 0 Å². The number of aromatic hydroxyl groups is 1. The van der Waals surface area contributed by atoms with E-state index >= 15 is 0 Å². The highest BCUT2D eigenvalue weighted by atomic mass is 16.5. The molecule has 5 nitrogen and oxygen atoms in total. The molecular weight excluding hydrogens is 356 g/mol. The Kier molecular flexibility index (Phi) is 7.16. The Morgan fingerprint density at radius 3 is 2.46 bits per heavy atom. The first kappa shape index (κ1) is 22.7. The highest BCUT2D eigenvalue weighted by Crippen LogP contribution is 2.44. The number of methoxy groups -OCH3 is 1. The molecule has 1 fully saturated rings. The minimum Gasteiger partial charge on any atom is -0.508 e. The summed E-state index contributed by atoms with van der Waals surface area (Å²) in [6.45, 7) is 12.2. The highest BCUT2D eigenvalue weighted by Gasteiger charge is 2.31. The lowest BCUT2D eigenvalue weighted by molar-refractivity contribution is -0.120. The molecule has 0 saturated heterocycles. The topological polar surface area (TPSA) is 65.0 Å². The molecule has 1 saturated carbocycles. The predicted octanol–water partition coefficient (Wildman–Crippen LogP) is 5.08. The van der Waals surface area contributed by atoms with Crippen LogP contribution in [0.4, 0.5) is 0 Å². The first-order valence-electron chi connectivity index (χ1n) is 10.2. The van der Waals surface area contributed by atoms with Gasteiger partial charge in [-0.05, 0) is 78.0 Å². The molecule has 0 heterocycles. The molecule has 2 rings (SSSR count). The first-order valence-corrected chi connectivity index (χ1v) is 10.2. The molecule has 1 atom stereocenters. The predicted molar refractivity (Wildman–Crippen MR) is 110 cm³/mol. The maximum absolute atomic E-state index is 12.0. The number of phenols is 1. The van der Waals surface area contributed by atoms with Crippen LogP contribution in [-0.2, 0) is 19.9 Å². The molecule has 0 amide bonds. The number of hydrogen-bond acceptors (Lipinski definition) is 5. The molecule has 0 bridgehead atoms. The van der Waals surface area contributed by atoms with Gasteiger partial charge in [0.1, 0.15) is 17.3 Å². The van der Waals surface area contributed by atoms with E-state index in [1.807, 2.05) is 47.6 Å². The summed E-state index contributed by atoms with van der Waals surface area (Å²) in [5.74, 6) is 1.07. The molecule has 1 aromatic rings. The zero-order valence-electron chi connectivity index (χ0n) is 18.4. The largest absolute Gasteiger partial charge is 0.508 e. The van der Waals surface area contributed by atoms with Crippen LogP contribution < -0.4 is 4.74 Å². The maximum Gasteiger partial charge on any atom is 0.133 e. The smallest absolute Gasteiger partial charge is 0.133 e. The Labute approximate surface area is 169 Å². The van der Waals surface area contributed by atoms with Crippen LogP contribution in [0, 0.1) is 0 Å². The van der Waals surface area contributed by atoms with Gasteiger partial charge in [-0.15, -0.1) is 0 Å². The SMILES string of the molecule is COC(C)(C)COC(C)(C)c1cc(O)c(C2CCCC(=O)C2)c(OC(C)C)c1. The van der Waals surface area contributed by atoms with Crippen LogP contribution in [0.3, 0.4) is 0 Å². The van der Waals surface area contributed by atoms with E-state index in [9.17, 15) is 9.90 Å². The van der Waals surface area contributed by atoms with Crippen molar-refractivity contribution in [2.24, 2.45) is 0 Å². The van der Waals surface area contributed by atoms with Crippen molar-refractivity contribution in [1.82, 2.24) is 0 Å². The minimum atomic E-state index is -0.636. The van der Waals surface area contributed by atoms with E-state index in [2.05, 4.69) is 0 Å². The van der Waals surface area contributed by atoms with Crippen LogP contribution in [0.25, 0.3) is 0 Å². The van der Waals surface area contributed by atoms with Gasteiger partial charge in [0.15, 0.2) is 0 Å². The lowest BCUT2D eigenvalue weighted by Crippen LogP contribution is -2.34. The summed E-state index contributed by atoms with van der Waals surface area (Å²) in [5.41, 5.74) is 0.541. The van der Waals surface area contributed by atoms with Crippen LogP contribution in [-0.4, -0.2) is 36.3 Å². The summed E-state index contributed by atoms with van der Waals surface area (Å²) in [6.07, 6.45) is 2.79. The average molecular weight is 393 g/mol. The van der Waals surface area contributed by atoms with Crippen molar-refractivity contribution in [3.63, 3.8) is 0 Å². The molecule has 0 aliphatic heterocycles. The van der Waals surface area contributed by atoms with E-state index in [4.69, 9.17) is 14.2 Å². The molecule has 0 aromatic heterocycles. The van der Waals surface area contributed by atoms with Gasteiger partial charge in [0, 0.05) is 25.5 Å². The van der Waals surface area contributed by atoms with Gasteiger partial charge in [0.2, 0.25) is 0 Å². The van der Waals surface area contributed by atoms with Gasteiger partial charge in [-0.1, -0.05) is 0 Å². The molecule has 5 heteroatoms. The number of carbonyl (C=O) groups is 1. The number of carbonyl (C=O) groups excluding carboxylic acids is 1. The van der Waals surface area contributed by atoms with Gasteiger partial charge in [-0.3, -0.25) is 4.79 Å². The monoisotopic (exact) mass is 392 g/mol. The van der Waals surface area contributed by atoms with Crippen molar-refractivity contribution in [2.75, 3.05) is 13.7 Å². The maximum atomic E-state index is 12.0. The number of rotatable bonds is 8. The van der Waals surface area contributed by atoms with Crippen LogP contribution in [0.15, 0.2) is 12.1 Å². The van der Waals surface area contributed by atoms with Crippen molar-refractivity contribution >= 4 is 5.78 Å². The third-order valence-electron chi connectivity index (χ3n) is 5.40. The summed E-state index contributed by atoms with van der Waals surface area (Å²) < 4.78 is 17.7. The van der Waals surface area contributed by atoms with E-state index in [0.717, 1.165) is 24.0 Å².